The van der Waals surface area contributed by atoms with Crippen molar-refractivity contribution in [1.29, 1.82) is 0 Å². The number of hydrogen-bond acceptors (Lipinski definition) is 3. The number of carbonyl (C=O) groups excluding carboxylic acids is 2. The van der Waals surface area contributed by atoms with Crippen LogP contribution in [0.3, 0.4) is 0 Å². The van der Waals surface area contributed by atoms with Crippen molar-refractivity contribution in [2.45, 2.75) is 26.2 Å². The zero-order valence-corrected chi connectivity index (χ0v) is 10.9. The van der Waals surface area contributed by atoms with Crippen LogP contribution >= 0.6 is 0 Å². The van der Waals surface area contributed by atoms with Crippen molar-refractivity contribution in [3.63, 3.8) is 0 Å². The SMILES string of the molecule is Cc1cc(F)cc(NC(=O)NC(=O)CCCC(=O)O)c1. The number of carbonyl (C=O) groups is 3. The average molecular weight is 282 g/mol. The van der Waals surface area contributed by atoms with Crippen LogP contribution in [0.4, 0.5) is 14.9 Å². The number of aryl methyl sites for hydroxylation is 1. The number of amides is 3. The average Bonchev–Trinajstić information content (AvgIpc) is 2.25. The highest BCUT2D eigenvalue weighted by Gasteiger charge is 2.09. The zero-order valence-electron chi connectivity index (χ0n) is 10.9. The third kappa shape index (κ3) is 5.94. The lowest BCUT2D eigenvalue weighted by Gasteiger charge is -2.07. The van der Waals surface area contributed by atoms with Crippen LogP contribution in [0, 0.1) is 12.7 Å². The number of anilines is 1. The van der Waals surface area contributed by atoms with E-state index in [1.165, 1.54) is 6.07 Å². The Kier molecular flexibility index (Phi) is 5.64. The van der Waals surface area contributed by atoms with Crippen LogP contribution in [0.25, 0.3) is 0 Å². The van der Waals surface area contributed by atoms with Gasteiger partial charge in [0.25, 0.3) is 0 Å². The zero-order chi connectivity index (χ0) is 15.1. The Bertz CT molecular complexity index is 511. The van der Waals surface area contributed by atoms with Gasteiger partial charge in [0, 0.05) is 18.5 Å². The van der Waals surface area contributed by atoms with Gasteiger partial charge in [0.05, 0.1) is 0 Å². The number of benzene rings is 1. The largest absolute Gasteiger partial charge is 0.481 e. The molecule has 0 fully saturated rings. The van der Waals surface area contributed by atoms with Crippen molar-refractivity contribution < 1.29 is 23.9 Å². The summed E-state index contributed by atoms with van der Waals surface area (Å²) in [5.41, 5.74) is 0.867. The van der Waals surface area contributed by atoms with Crippen molar-refractivity contribution in [2.24, 2.45) is 0 Å². The monoisotopic (exact) mass is 282 g/mol. The Balaban J connectivity index is 2.43. The molecule has 0 saturated carbocycles. The first-order valence-corrected chi connectivity index (χ1v) is 5.96. The summed E-state index contributed by atoms with van der Waals surface area (Å²) in [5.74, 6) is -2.08. The van der Waals surface area contributed by atoms with Crippen molar-refractivity contribution >= 4 is 23.6 Å². The maximum absolute atomic E-state index is 13.1. The summed E-state index contributed by atoms with van der Waals surface area (Å²) in [4.78, 5) is 33.0. The second-order valence-electron chi connectivity index (χ2n) is 4.27. The van der Waals surface area contributed by atoms with Crippen LogP contribution in [-0.2, 0) is 9.59 Å². The number of nitrogens with one attached hydrogen (secondary N) is 2. The molecule has 0 aromatic heterocycles. The lowest BCUT2D eigenvalue weighted by Crippen LogP contribution is -2.34. The Morgan fingerprint density at radius 1 is 1.20 bits per heavy atom. The van der Waals surface area contributed by atoms with E-state index >= 15 is 0 Å². The molecule has 1 rings (SSSR count). The van der Waals surface area contributed by atoms with Gasteiger partial charge in [0.15, 0.2) is 0 Å². The molecular formula is C13H15FN2O4. The van der Waals surface area contributed by atoms with Gasteiger partial charge >= 0.3 is 12.0 Å². The number of imide groups is 1. The lowest BCUT2D eigenvalue weighted by atomic mass is 10.2. The number of carboxylic acids is 1. The maximum Gasteiger partial charge on any atom is 0.325 e. The van der Waals surface area contributed by atoms with Gasteiger partial charge in [-0.05, 0) is 37.1 Å². The van der Waals surface area contributed by atoms with E-state index in [1.54, 1.807) is 13.0 Å². The van der Waals surface area contributed by atoms with Crippen molar-refractivity contribution in [3.8, 4) is 0 Å². The first-order valence-electron chi connectivity index (χ1n) is 5.96. The molecule has 1 aromatic carbocycles. The van der Waals surface area contributed by atoms with E-state index in [-0.39, 0.29) is 24.9 Å². The van der Waals surface area contributed by atoms with Crippen molar-refractivity contribution in [3.05, 3.63) is 29.6 Å². The van der Waals surface area contributed by atoms with E-state index in [9.17, 15) is 18.8 Å². The molecule has 3 amide bonds. The van der Waals surface area contributed by atoms with Gasteiger partial charge in [-0.15, -0.1) is 0 Å². The first-order chi connectivity index (χ1) is 9.36. The summed E-state index contributed by atoms with van der Waals surface area (Å²) < 4.78 is 13.1. The smallest absolute Gasteiger partial charge is 0.325 e. The molecular weight excluding hydrogens is 267 g/mol. The van der Waals surface area contributed by atoms with Gasteiger partial charge in [0.2, 0.25) is 5.91 Å². The second-order valence-corrected chi connectivity index (χ2v) is 4.27. The van der Waals surface area contributed by atoms with Gasteiger partial charge < -0.3 is 10.4 Å². The predicted octanol–water partition coefficient (Wildman–Crippen LogP) is 2.04. The topological polar surface area (TPSA) is 95.5 Å². The fourth-order valence-corrected chi connectivity index (χ4v) is 1.56. The normalized spacial score (nSPS) is 9.90. The summed E-state index contributed by atoms with van der Waals surface area (Å²) in [6.07, 6.45) is -0.0620. The number of carboxylic acid groups (broad SMARTS) is 1. The Morgan fingerprint density at radius 3 is 2.50 bits per heavy atom. The van der Waals surface area contributed by atoms with E-state index in [4.69, 9.17) is 5.11 Å². The molecule has 0 aliphatic rings. The minimum atomic E-state index is -1.00. The molecule has 0 atom stereocenters. The van der Waals surface area contributed by atoms with E-state index in [2.05, 4.69) is 5.32 Å². The van der Waals surface area contributed by atoms with Gasteiger partial charge in [-0.2, -0.15) is 0 Å². The van der Waals surface area contributed by atoms with Gasteiger partial charge in [-0.25, -0.2) is 9.18 Å². The van der Waals surface area contributed by atoms with Crippen LogP contribution in [0.2, 0.25) is 0 Å². The molecule has 0 aliphatic heterocycles. The molecule has 0 unspecified atom stereocenters. The van der Waals surface area contributed by atoms with E-state index in [1.807, 2.05) is 5.32 Å². The Hall–Kier alpha value is -2.44. The number of urea groups is 1. The molecule has 20 heavy (non-hydrogen) atoms. The standard InChI is InChI=1S/C13H15FN2O4/c1-8-5-9(14)7-10(6-8)15-13(20)16-11(17)3-2-4-12(18)19/h5-7H,2-4H2,1H3,(H,18,19)(H2,15,16,17,20). The first kappa shape index (κ1) is 15.6. The number of rotatable bonds is 5. The summed E-state index contributed by atoms with van der Waals surface area (Å²) in [6, 6.07) is 3.20. The number of halogens is 1. The van der Waals surface area contributed by atoms with E-state index < -0.39 is 23.7 Å². The molecule has 1 aromatic rings. The summed E-state index contributed by atoms with van der Waals surface area (Å²) >= 11 is 0. The third-order valence-corrected chi connectivity index (χ3v) is 2.35. The highest BCUT2D eigenvalue weighted by Crippen LogP contribution is 2.12. The van der Waals surface area contributed by atoms with Crippen LogP contribution < -0.4 is 10.6 Å². The van der Waals surface area contributed by atoms with E-state index in [0.717, 1.165) is 6.07 Å². The Labute approximate surface area is 115 Å². The maximum atomic E-state index is 13.1. The molecule has 7 heteroatoms. The van der Waals surface area contributed by atoms with Crippen LogP contribution in [0.5, 0.6) is 0 Å². The van der Waals surface area contributed by atoms with Crippen LogP contribution in [0.15, 0.2) is 18.2 Å². The third-order valence-electron chi connectivity index (χ3n) is 2.35. The summed E-state index contributed by atoms with van der Waals surface area (Å²) in [7, 11) is 0. The van der Waals surface area contributed by atoms with Crippen molar-refractivity contribution in [2.75, 3.05) is 5.32 Å². The predicted molar refractivity (Wildman–Crippen MR) is 69.8 cm³/mol. The highest BCUT2D eigenvalue weighted by atomic mass is 19.1. The quantitative estimate of drug-likeness (QED) is 0.770. The molecule has 0 bridgehead atoms. The molecule has 0 spiro atoms. The molecule has 0 radical (unpaired) electrons. The van der Waals surface area contributed by atoms with Crippen LogP contribution in [0.1, 0.15) is 24.8 Å². The number of aliphatic carboxylic acids is 1. The van der Waals surface area contributed by atoms with Crippen molar-refractivity contribution in [1.82, 2.24) is 5.32 Å². The highest BCUT2D eigenvalue weighted by molar-refractivity contribution is 6.01. The fraction of sp³-hybridized carbons (Fsp3) is 0.308. The molecule has 0 aliphatic carbocycles. The summed E-state index contributed by atoms with van der Waals surface area (Å²) in [6.45, 7) is 1.67. The lowest BCUT2D eigenvalue weighted by molar-refractivity contribution is -0.137. The van der Waals surface area contributed by atoms with Gasteiger partial charge in [-0.1, -0.05) is 0 Å². The fourth-order valence-electron chi connectivity index (χ4n) is 1.56. The second kappa shape index (κ2) is 7.22. The Morgan fingerprint density at radius 2 is 1.90 bits per heavy atom. The molecule has 108 valence electrons. The van der Waals surface area contributed by atoms with Gasteiger partial charge in [0.1, 0.15) is 5.82 Å². The molecule has 0 saturated heterocycles. The van der Waals surface area contributed by atoms with Crippen LogP contribution in [-0.4, -0.2) is 23.0 Å². The molecule has 6 nitrogen and oxygen atoms in total. The van der Waals surface area contributed by atoms with Gasteiger partial charge in [-0.3, -0.25) is 14.9 Å². The minimum absolute atomic E-state index is 0.0676. The summed E-state index contributed by atoms with van der Waals surface area (Å²) in [5, 5.41) is 12.8. The number of hydrogen-bond donors (Lipinski definition) is 3. The molecule has 0 heterocycles. The minimum Gasteiger partial charge on any atom is -0.481 e. The molecule has 3 N–H and O–H groups in total. The van der Waals surface area contributed by atoms with E-state index in [0.29, 0.717) is 5.56 Å².